The molecule has 0 aliphatic rings. The number of aromatic nitrogens is 3. The summed E-state index contributed by atoms with van der Waals surface area (Å²) >= 11 is 6.09. The van der Waals surface area contributed by atoms with Gasteiger partial charge in [-0.3, -0.25) is 10.1 Å². The molecule has 0 aliphatic heterocycles. The Bertz CT molecular complexity index is 1240. The second-order valence-corrected chi connectivity index (χ2v) is 6.81. The molecule has 2 aromatic heterocycles. The Morgan fingerprint density at radius 3 is 2.52 bits per heavy atom. The van der Waals surface area contributed by atoms with Crippen LogP contribution in [0.4, 0.5) is 19.1 Å². The maximum absolute atomic E-state index is 13.8. The largest absolute Gasteiger partial charge is 0.337 e. The number of hydrogen-bond donors (Lipinski definition) is 1. The van der Waals surface area contributed by atoms with Crippen molar-refractivity contribution in [3.05, 3.63) is 83.0 Å². The third-order valence-electron chi connectivity index (χ3n) is 4.35. The van der Waals surface area contributed by atoms with Gasteiger partial charge in [0.15, 0.2) is 17.5 Å². The first-order valence-corrected chi connectivity index (χ1v) is 9.26. The fourth-order valence-corrected chi connectivity index (χ4v) is 3.13. The van der Waals surface area contributed by atoms with Crippen LogP contribution in [0.15, 0.2) is 59.5 Å². The second kappa shape index (κ2) is 8.57. The van der Waals surface area contributed by atoms with E-state index in [2.05, 4.69) is 20.4 Å². The van der Waals surface area contributed by atoms with E-state index >= 15 is 0 Å². The molecule has 0 bridgehead atoms. The molecule has 0 saturated carbocycles. The van der Waals surface area contributed by atoms with Crippen LogP contribution in [0.25, 0.3) is 22.5 Å². The van der Waals surface area contributed by atoms with Crippen molar-refractivity contribution in [3.63, 3.8) is 0 Å². The molecule has 2 heterocycles. The van der Waals surface area contributed by atoms with Crippen LogP contribution in [-0.4, -0.2) is 21.0 Å². The molecule has 0 saturated heterocycles. The molecule has 0 aliphatic carbocycles. The molecule has 4 aromatic rings. The maximum atomic E-state index is 13.8. The van der Waals surface area contributed by atoms with Crippen LogP contribution in [0.1, 0.15) is 5.56 Å². The number of benzene rings is 2. The van der Waals surface area contributed by atoms with Gasteiger partial charge in [0.1, 0.15) is 12.0 Å². The molecule has 1 N–H and O–H groups in total. The van der Waals surface area contributed by atoms with Crippen molar-refractivity contribution in [3.8, 4) is 22.5 Å². The smallest absolute Gasteiger partial charge is 0.241 e. The van der Waals surface area contributed by atoms with E-state index in [-0.39, 0.29) is 34.8 Å². The highest BCUT2D eigenvalue weighted by molar-refractivity contribution is 6.31. The first kappa shape index (κ1) is 20.5. The van der Waals surface area contributed by atoms with Crippen molar-refractivity contribution >= 4 is 23.4 Å². The number of rotatable bonds is 5. The van der Waals surface area contributed by atoms with Crippen molar-refractivity contribution in [2.24, 2.45) is 0 Å². The summed E-state index contributed by atoms with van der Waals surface area (Å²) in [5.74, 6) is -4.96. The Balaban J connectivity index is 1.74. The van der Waals surface area contributed by atoms with Crippen LogP contribution >= 0.6 is 11.6 Å². The molecule has 0 fully saturated rings. The van der Waals surface area contributed by atoms with E-state index in [0.29, 0.717) is 10.6 Å². The normalized spacial score (nSPS) is 10.8. The van der Waals surface area contributed by atoms with Crippen LogP contribution in [-0.2, 0) is 11.2 Å². The first-order chi connectivity index (χ1) is 14.9. The predicted molar refractivity (Wildman–Crippen MR) is 107 cm³/mol. The van der Waals surface area contributed by atoms with Crippen LogP contribution < -0.4 is 5.32 Å². The molecule has 156 valence electrons. The van der Waals surface area contributed by atoms with E-state index in [4.69, 9.17) is 16.1 Å². The van der Waals surface area contributed by atoms with Gasteiger partial charge in [-0.05, 0) is 29.8 Å². The summed E-state index contributed by atoms with van der Waals surface area (Å²) in [7, 11) is 0. The summed E-state index contributed by atoms with van der Waals surface area (Å²) in [6, 6.07) is 9.87. The van der Waals surface area contributed by atoms with E-state index < -0.39 is 23.4 Å². The fourth-order valence-electron chi connectivity index (χ4n) is 2.93. The lowest BCUT2D eigenvalue weighted by Gasteiger charge is -2.07. The predicted octanol–water partition coefficient (Wildman–Crippen LogP) is 5.05. The van der Waals surface area contributed by atoms with Crippen molar-refractivity contribution in [2.75, 3.05) is 5.32 Å². The zero-order valence-corrected chi connectivity index (χ0v) is 16.3. The van der Waals surface area contributed by atoms with E-state index in [1.54, 1.807) is 24.3 Å². The Labute approximate surface area is 178 Å². The van der Waals surface area contributed by atoms with E-state index in [9.17, 15) is 18.0 Å². The molecular weight excluding hydrogens is 433 g/mol. The molecule has 1 amide bonds. The molecule has 0 spiro atoms. The minimum atomic E-state index is -1.61. The summed E-state index contributed by atoms with van der Waals surface area (Å²) in [5, 5.41) is 6.81. The highest BCUT2D eigenvalue weighted by Crippen LogP contribution is 2.37. The highest BCUT2D eigenvalue weighted by atomic mass is 35.5. The van der Waals surface area contributed by atoms with Crippen LogP contribution in [0, 0.1) is 17.5 Å². The van der Waals surface area contributed by atoms with E-state index in [0.717, 1.165) is 12.1 Å². The van der Waals surface area contributed by atoms with Gasteiger partial charge in [0, 0.05) is 16.8 Å². The topological polar surface area (TPSA) is 80.9 Å². The maximum Gasteiger partial charge on any atom is 0.241 e. The summed E-state index contributed by atoms with van der Waals surface area (Å²) in [5.41, 5.74) is 0.877. The Morgan fingerprint density at radius 1 is 1.10 bits per heavy atom. The molecule has 10 heteroatoms. The fraction of sp³-hybridized carbons (Fsp3) is 0.0476. The number of nitrogens with one attached hydrogen (secondary N) is 1. The van der Waals surface area contributed by atoms with Gasteiger partial charge in [-0.15, -0.1) is 0 Å². The summed E-state index contributed by atoms with van der Waals surface area (Å²) in [4.78, 5) is 20.5. The van der Waals surface area contributed by atoms with Crippen molar-refractivity contribution in [2.45, 2.75) is 6.42 Å². The highest BCUT2D eigenvalue weighted by Gasteiger charge is 2.24. The standard InChI is InChI=1S/C21H12ClF3N4O2/c22-13-4-2-1-3-11(13)9-17(30)28-21-18(16-5-6-26-10-27-16)20(29-31-21)12-7-14(23)19(25)15(24)8-12/h1-8,10H,9H2,(H,28,30). The number of carbonyl (C=O) groups excluding carboxylic acids is 1. The van der Waals surface area contributed by atoms with Crippen molar-refractivity contribution < 1.29 is 22.5 Å². The molecular formula is C21H12ClF3N4O2. The van der Waals surface area contributed by atoms with Crippen LogP contribution in [0.5, 0.6) is 0 Å². The van der Waals surface area contributed by atoms with E-state index in [1.807, 2.05) is 0 Å². The number of amides is 1. The average Bonchev–Trinajstić information content (AvgIpc) is 3.17. The Hall–Kier alpha value is -3.72. The molecule has 6 nitrogen and oxygen atoms in total. The number of halogens is 4. The molecule has 0 atom stereocenters. The number of anilines is 1. The van der Waals surface area contributed by atoms with Gasteiger partial charge >= 0.3 is 0 Å². The minimum absolute atomic E-state index is 0.0375. The van der Waals surface area contributed by atoms with Gasteiger partial charge in [0.2, 0.25) is 11.8 Å². The lowest BCUT2D eigenvalue weighted by Crippen LogP contribution is -2.14. The van der Waals surface area contributed by atoms with Gasteiger partial charge in [-0.25, -0.2) is 23.1 Å². The second-order valence-electron chi connectivity index (χ2n) is 6.40. The number of carbonyl (C=O) groups is 1. The van der Waals surface area contributed by atoms with Gasteiger partial charge < -0.3 is 4.52 Å². The minimum Gasteiger partial charge on any atom is -0.337 e. The quantitative estimate of drug-likeness (QED) is 0.436. The molecule has 31 heavy (non-hydrogen) atoms. The monoisotopic (exact) mass is 444 g/mol. The lowest BCUT2D eigenvalue weighted by atomic mass is 10.0. The zero-order valence-electron chi connectivity index (χ0n) is 15.6. The molecule has 4 rings (SSSR count). The van der Waals surface area contributed by atoms with Crippen molar-refractivity contribution in [1.29, 1.82) is 0 Å². The van der Waals surface area contributed by atoms with Crippen LogP contribution in [0.2, 0.25) is 5.02 Å². The SMILES string of the molecule is O=C(Cc1ccccc1Cl)Nc1onc(-c2cc(F)c(F)c(F)c2)c1-c1ccncn1. The number of nitrogens with zero attached hydrogens (tertiary/aromatic N) is 3. The Kier molecular flexibility index (Phi) is 5.68. The third kappa shape index (κ3) is 4.26. The molecule has 0 unspecified atom stereocenters. The van der Waals surface area contributed by atoms with Crippen LogP contribution in [0.3, 0.4) is 0 Å². The molecule has 2 aromatic carbocycles. The summed E-state index contributed by atoms with van der Waals surface area (Å²) in [6.07, 6.45) is 2.62. The average molecular weight is 445 g/mol. The lowest BCUT2D eigenvalue weighted by molar-refractivity contribution is -0.115. The third-order valence-corrected chi connectivity index (χ3v) is 4.72. The van der Waals surface area contributed by atoms with Gasteiger partial charge in [-0.1, -0.05) is 35.0 Å². The van der Waals surface area contributed by atoms with E-state index in [1.165, 1.54) is 18.6 Å². The van der Waals surface area contributed by atoms with Crippen molar-refractivity contribution in [1.82, 2.24) is 15.1 Å². The van der Waals surface area contributed by atoms with Gasteiger partial charge in [0.05, 0.1) is 17.7 Å². The van der Waals surface area contributed by atoms with Gasteiger partial charge in [0.25, 0.3) is 0 Å². The Morgan fingerprint density at radius 2 is 1.84 bits per heavy atom. The summed E-state index contributed by atoms with van der Waals surface area (Å²) in [6.45, 7) is 0. The number of hydrogen-bond acceptors (Lipinski definition) is 5. The first-order valence-electron chi connectivity index (χ1n) is 8.88. The molecule has 0 radical (unpaired) electrons. The van der Waals surface area contributed by atoms with Gasteiger partial charge in [-0.2, -0.15) is 0 Å². The summed E-state index contributed by atoms with van der Waals surface area (Å²) < 4.78 is 46.2. The zero-order chi connectivity index (χ0) is 22.0.